The lowest BCUT2D eigenvalue weighted by Gasteiger charge is -2.17. The third-order valence-corrected chi connectivity index (χ3v) is 2.84. The van der Waals surface area contributed by atoms with E-state index in [1.165, 1.54) is 14.2 Å². The summed E-state index contributed by atoms with van der Waals surface area (Å²) < 4.78 is 20.2. The molecule has 0 radical (unpaired) electrons. The molecule has 0 aliphatic carbocycles. The minimum absolute atomic E-state index is 0.450. The zero-order valence-electron chi connectivity index (χ0n) is 12.8. The number of methoxy groups -OCH3 is 2. The van der Waals surface area contributed by atoms with Crippen molar-refractivity contribution in [3.8, 4) is 11.5 Å². The highest BCUT2D eigenvalue weighted by Gasteiger charge is 2.18. The molecule has 0 saturated heterocycles. The Balaban J connectivity index is 2.84. The Hall–Kier alpha value is -2.24. The SMILES string of the molecule is COC(=O)C(C)Oc1ccc(C)c(OC(C)C(=O)OC)c1. The van der Waals surface area contributed by atoms with Crippen LogP contribution in [-0.4, -0.2) is 38.4 Å². The van der Waals surface area contributed by atoms with Gasteiger partial charge in [0.25, 0.3) is 0 Å². The van der Waals surface area contributed by atoms with Crippen LogP contribution in [0.1, 0.15) is 19.4 Å². The number of ether oxygens (including phenoxy) is 4. The van der Waals surface area contributed by atoms with Gasteiger partial charge in [-0.1, -0.05) is 6.07 Å². The number of hydrogen-bond acceptors (Lipinski definition) is 6. The lowest BCUT2D eigenvalue weighted by Crippen LogP contribution is -2.26. The van der Waals surface area contributed by atoms with Crippen molar-refractivity contribution < 1.29 is 28.5 Å². The predicted molar refractivity (Wildman–Crippen MR) is 75.4 cm³/mol. The van der Waals surface area contributed by atoms with Gasteiger partial charge >= 0.3 is 11.9 Å². The van der Waals surface area contributed by atoms with Gasteiger partial charge in [-0.15, -0.1) is 0 Å². The summed E-state index contributed by atoms with van der Waals surface area (Å²) >= 11 is 0. The van der Waals surface area contributed by atoms with Crippen molar-refractivity contribution in [2.24, 2.45) is 0 Å². The minimum atomic E-state index is -0.734. The van der Waals surface area contributed by atoms with E-state index < -0.39 is 24.1 Å². The Bertz CT molecular complexity index is 511. The van der Waals surface area contributed by atoms with E-state index in [4.69, 9.17) is 9.47 Å². The Kier molecular flexibility index (Phi) is 6.02. The van der Waals surface area contributed by atoms with Crippen LogP contribution in [0.5, 0.6) is 11.5 Å². The van der Waals surface area contributed by atoms with Gasteiger partial charge in [-0.05, 0) is 32.4 Å². The van der Waals surface area contributed by atoms with Crippen LogP contribution >= 0.6 is 0 Å². The topological polar surface area (TPSA) is 71.1 Å². The van der Waals surface area contributed by atoms with Crippen LogP contribution in [0.4, 0.5) is 0 Å². The van der Waals surface area contributed by atoms with Gasteiger partial charge in [0.15, 0.2) is 12.2 Å². The van der Waals surface area contributed by atoms with Crippen LogP contribution in [-0.2, 0) is 19.1 Å². The van der Waals surface area contributed by atoms with E-state index in [2.05, 4.69) is 9.47 Å². The van der Waals surface area contributed by atoms with Crippen molar-refractivity contribution in [2.45, 2.75) is 33.0 Å². The molecule has 116 valence electrons. The van der Waals surface area contributed by atoms with Crippen LogP contribution in [0.15, 0.2) is 18.2 Å². The van der Waals surface area contributed by atoms with Crippen molar-refractivity contribution in [3.05, 3.63) is 23.8 Å². The van der Waals surface area contributed by atoms with Crippen LogP contribution in [0.3, 0.4) is 0 Å². The summed E-state index contributed by atoms with van der Waals surface area (Å²) in [4.78, 5) is 22.7. The fourth-order valence-electron chi connectivity index (χ4n) is 1.60. The molecule has 2 unspecified atom stereocenters. The van der Waals surface area contributed by atoms with Gasteiger partial charge in [-0.25, -0.2) is 9.59 Å². The van der Waals surface area contributed by atoms with Crippen molar-refractivity contribution in [2.75, 3.05) is 14.2 Å². The third kappa shape index (κ3) is 4.66. The summed E-state index contributed by atoms with van der Waals surface area (Å²) in [6.07, 6.45) is -1.47. The molecule has 0 bridgehead atoms. The number of aryl methyl sites for hydroxylation is 1. The highest BCUT2D eigenvalue weighted by Crippen LogP contribution is 2.26. The molecular weight excluding hydrogens is 276 g/mol. The zero-order chi connectivity index (χ0) is 16.0. The number of hydrogen-bond donors (Lipinski definition) is 0. The first kappa shape index (κ1) is 16.8. The first-order chi connectivity index (χ1) is 9.88. The van der Waals surface area contributed by atoms with Crippen LogP contribution < -0.4 is 9.47 Å². The van der Waals surface area contributed by atoms with E-state index >= 15 is 0 Å². The number of benzene rings is 1. The number of carbonyl (C=O) groups excluding carboxylic acids is 2. The van der Waals surface area contributed by atoms with Crippen molar-refractivity contribution in [1.82, 2.24) is 0 Å². The number of rotatable bonds is 6. The highest BCUT2D eigenvalue weighted by atomic mass is 16.6. The van der Waals surface area contributed by atoms with Gasteiger partial charge in [0, 0.05) is 6.07 Å². The van der Waals surface area contributed by atoms with Gasteiger partial charge < -0.3 is 18.9 Å². The molecule has 0 aliphatic rings. The molecule has 1 aromatic carbocycles. The molecule has 0 aliphatic heterocycles. The fourth-order valence-corrected chi connectivity index (χ4v) is 1.60. The summed E-state index contributed by atoms with van der Waals surface area (Å²) in [6.45, 7) is 5.02. The monoisotopic (exact) mass is 296 g/mol. The Morgan fingerprint density at radius 3 is 2.00 bits per heavy atom. The number of carbonyl (C=O) groups is 2. The lowest BCUT2D eigenvalue weighted by molar-refractivity contribution is -0.148. The third-order valence-electron chi connectivity index (χ3n) is 2.84. The Morgan fingerprint density at radius 2 is 1.48 bits per heavy atom. The van der Waals surface area contributed by atoms with E-state index in [0.29, 0.717) is 11.5 Å². The summed E-state index contributed by atoms with van der Waals surface area (Å²) in [5.74, 6) is -0.00217. The molecule has 1 aromatic rings. The predicted octanol–water partition coefficient (Wildman–Crippen LogP) is 1.88. The van der Waals surface area contributed by atoms with Crippen molar-refractivity contribution in [1.29, 1.82) is 0 Å². The second kappa shape index (κ2) is 7.52. The van der Waals surface area contributed by atoms with E-state index in [0.717, 1.165) is 5.56 Å². The second-order valence-electron chi connectivity index (χ2n) is 4.49. The largest absolute Gasteiger partial charge is 0.479 e. The van der Waals surface area contributed by atoms with Crippen molar-refractivity contribution >= 4 is 11.9 Å². The summed E-state index contributed by atoms with van der Waals surface area (Å²) in [6, 6.07) is 5.11. The maximum absolute atomic E-state index is 11.4. The summed E-state index contributed by atoms with van der Waals surface area (Å²) in [7, 11) is 2.59. The Morgan fingerprint density at radius 1 is 0.952 bits per heavy atom. The van der Waals surface area contributed by atoms with E-state index in [9.17, 15) is 9.59 Å². The zero-order valence-corrected chi connectivity index (χ0v) is 12.8. The van der Waals surface area contributed by atoms with Crippen LogP contribution in [0.2, 0.25) is 0 Å². The van der Waals surface area contributed by atoms with Crippen LogP contribution in [0, 0.1) is 6.92 Å². The fraction of sp³-hybridized carbons (Fsp3) is 0.467. The second-order valence-corrected chi connectivity index (χ2v) is 4.49. The molecule has 6 heteroatoms. The quantitative estimate of drug-likeness (QED) is 0.746. The maximum atomic E-state index is 11.4. The van der Waals surface area contributed by atoms with Gasteiger partial charge in [0.05, 0.1) is 14.2 Å². The molecule has 0 fully saturated rings. The molecule has 1 rings (SSSR count). The normalized spacial score (nSPS) is 13.0. The standard InChI is InChI=1S/C15H20O6/c1-9-6-7-12(20-10(2)14(16)18-4)8-13(9)21-11(3)15(17)19-5/h6-8,10-11H,1-5H3. The first-order valence-corrected chi connectivity index (χ1v) is 6.48. The lowest BCUT2D eigenvalue weighted by atomic mass is 10.2. The minimum Gasteiger partial charge on any atom is -0.479 e. The molecule has 0 saturated carbocycles. The van der Waals surface area contributed by atoms with Gasteiger partial charge in [0.1, 0.15) is 11.5 Å². The molecule has 0 N–H and O–H groups in total. The molecule has 0 spiro atoms. The van der Waals surface area contributed by atoms with E-state index in [1.54, 1.807) is 32.0 Å². The molecular formula is C15H20O6. The molecule has 21 heavy (non-hydrogen) atoms. The Labute approximate surface area is 123 Å². The number of esters is 2. The molecule has 6 nitrogen and oxygen atoms in total. The average molecular weight is 296 g/mol. The van der Waals surface area contributed by atoms with E-state index in [-0.39, 0.29) is 0 Å². The van der Waals surface area contributed by atoms with E-state index in [1.807, 2.05) is 6.92 Å². The van der Waals surface area contributed by atoms with Gasteiger partial charge in [0.2, 0.25) is 0 Å². The molecule has 2 atom stereocenters. The smallest absolute Gasteiger partial charge is 0.346 e. The van der Waals surface area contributed by atoms with Crippen molar-refractivity contribution in [3.63, 3.8) is 0 Å². The average Bonchev–Trinajstić information content (AvgIpc) is 2.48. The molecule has 0 aromatic heterocycles. The summed E-state index contributed by atoms with van der Waals surface area (Å²) in [5.41, 5.74) is 0.837. The van der Waals surface area contributed by atoms with Crippen LogP contribution in [0.25, 0.3) is 0 Å². The van der Waals surface area contributed by atoms with Gasteiger partial charge in [-0.2, -0.15) is 0 Å². The van der Waals surface area contributed by atoms with Gasteiger partial charge in [-0.3, -0.25) is 0 Å². The molecule has 0 heterocycles. The highest BCUT2D eigenvalue weighted by molar-refractivity contribution is 5.75. The summed E-state index contributed by atoms with van der Waals surface area (Å²) in [5, 5.41) is 0. The maximum Gasteiger partial charge on any atom is 0.346 e. The first-order valence-electron chi connectivity index (χ1n) is 6.48. The molecule has 0 amide bonds.